The van der Waals surface area contributed by atoms with E-state index >= 15 is 0 Å². The smallest absolute Gasteiger partial charge is 0.235 e. The van der Waals surface area contributed by atoms with E-state index in [2.05, 4.69) is 26.1 Å². The van der Waals surface area contributed by atoms with Crippen molar-refractivity contribution in [3.8, 4) is 0 Å². The molecule has 2 aromatic rings. The van der Waals surface area contributed by atoms with Gasteiger partial charge in [0.1, 0.15) is 5.82 Å². The number of amides is 1. The van der Waals surface area contributed by atoms with Crippen LogP contribution in [0.1, 0.15) is 44.7 Å². The molecule has 0 bridgehead atoms. The van der Waals surface area contributed by atoms with Crippen LogP contribution in [0.25, 0.3) is 0 Å². The third-order valence-electron chi connectivity index (χ3n) is 4.59. The number of carbonyl (C=O) groups is 1. The lowest BCUT2D eigenvalue weighted by Gasteiger charge is -2.20. The molecule has 3 rings (SSSR count). The highest BCUT2D eigenvalue weighted by atomic mass is 19.1. The summed E-state index contributed by atoms with van der Waals surface area (Å²) in [6.45, 7) is 6.48. The first-order chi connectivity index (χ1) is 10.8. The lowest BCUT2D eigenvalue weighted by molar-refractivity contribution is -0.118. The first kappa shape index (κ1) is 15.7. The zero-order valence-electron chi connectivity index (χ0n) is 13.8. The molecule has 1 aliphatic carbocycles. The first-order valence-corrected chi connectivity index (χ1v) is 7.99. The molecule has 0 heterocycles. The molecule has 1 saturated carbocycles. The molecule has 0 spiro atoms. The second-order valence-corrected chi connectivity index (χ2v) is 7.37. The number of hydrogen-bond acceptors (Lipinski definition) is 1. The number of carbonyl (C=O) groups excluding carboxylic acids is 1. The van der Waals surface area contributed by atoms with Gasteiger partial charge < -0.3 is 5.32 Å². The van der Waals surface area contributed by atoms with Gasteiger partial charge in [-0.05, 0) is 53.6 Å². The van der Waals surface area contributed by atoms with Crippen LogP contribution in [0.5, 0.6) is 0 Å². The van der Waals surface area contributed by atoms with Crippen molar-refractivity contribution in [2.24, 2.45) is 0 Å². The maximum absolute atomic E-state index is 13.1. The molecule has 2 aromatic carbocycles. The van der Waals surface area contributed by atoms with E-state index in [0.717, 1.165) is 24.1 Å². The Bertz CT molecular complexity index is 707. The van der Waals surface area contributed by atoms with Gasteiger partial charge >= 0.3 is 0 Å². The topological polar surface area (TPSA) is 29.1 Å². The molecule has 0 unspecified atom stereocenters. The molecule has 1 N–H and O–H groups in total. The molecule has 2 nitrogen and oxygen atoms in total. The van der Waals surface area contributed by atoms with Crippen molar-refractivity contribution in [2.75, 3.05) is 5.32 Å². The zero-order valence-corrected chi connectivity index (χ0v) is 13.8. The summed E-state index contributed by atoms with van der Waals surface area (Å²) in [5.41, 5.74) is 2.53. The molecular formula is C20H22FNO. The van der Waals surface area contributed by atoms with Crippen molar-refractivity contribution in [1.29, 1.82) is 0 Å². The summed E-state index contributed by atoms with van der Waals surface area (Å²) in [6.07, 6.45) is 1.62. The summed E-state index contributed by atoms with van der Waals surface area (Å²) in [7, 11) is 0. The van der Waals surface area contributed by atoms with Crippen LogP contribution < -0.4 is 5.32 Å². The molecular weight excluding hydrogens is 289 g/mol. The highest BCUT2D eigenvalue weighted by molar-refractivity contribution is 6.01. The zero-order chi connectivity index (χ0) is 16.7. The van der Waals surface area contributed by atoms with Crippen LogP contribution >= 0.6 is 0 Å². The number of nitrogens with one attached hydrogen (secondary N) is 1. The Morgan fingerprint density at radius 3 is 2.04 bits per heavy atom. The second kappa shape index (κ2) is 5.48. The molecule has 23 heavy (non-hydrogen) atoms. The van der Waals surface area contributed by atoms with Gasteiger partial charge in [0.05, 0.1) is 5.41 Å². The van der Waals surface area contributed by atoms with Gasteiger partial charge in [0, 0.05) is 5.69 Å². The van der Waals surface area contributed by atoms with E-state index in [-0.39, 0.29) is 17.1 Å². The number of anilines is 1. The second-order valence-electron chi connectivity index (χ2n) is 7.37. The third kappa shape index (κ3) is 3.14. The molecule has 0 atom stereocenters. The van der Waals surface area contributed by atoms with Gasteiger partial charge in [0.15, 0.2) is 0 Å². The number of halogens is 1. The first-order valence-electron chi connectivity index (χ1n) is 7.99. The summed E-state index contributed by atoms with van der Waals surface area (Å²) in [4.78, 5) is 12.7. The molecule has 3 heteroatoms. The molecule has 0 saturated heterocycles. The minimum atomic E-state index is -0.490. The molecule has 0 aromatic heterocycles. The third-order valence-corrected chi connectivity index (χ3v) is 4.59. The quantitative estimate of drug-likeness (QED) is 0.867. The molecule has 1 aliphatic rings. The van der Waals surface area contributed by atoms with Gasteiger partial charge in [-0.15, -0.1) is 0 Å². The number of benzene rings is 2. The maximum Gasteiger partial charge on any atom is 0.235 e. The van der Waals surface area contributed by atoms with Crippen LogP contribution in [-0.2, 0) is 15.6 Å². The number of hydrogen-bond donors (Lipinski definition) is 1. The van der Waals surface area contributed by atoms with Crippen LogP contribution in [0, 0.1) is 5.82 Å². The van der Waals surface area contributed by atoms with E-state index in [1.54, 1.807) is 12.1 Å². The summed E-state index contributed by atoms with van der Waals surface area (Å²) in [5, 5.41) is 3.00. The van der Waals surface area contributed by atoms with Crippen LogP contribution in [-0.4, -0.2) is 5.91 Å². The Kier molecular flexibility index (Phi) is 3.75. The van der Waals surface area contributed by atoms with Gasteiger partial charge in [-0.1, -0.05) is 45.0 Å². The largest absolute Gasteiger partial charge is 0.325 e. The summed E-state index contributed by atoms with van der Waals surface area (Å²) >= 11 is 0. The van der Waals surface area contributed by atoms with Gasteiger partial charge in [0.25, 0.3) is 0 Å². The Labute approximate surface area is 136 Å². The summed E-state index contributed by atoms with van der Waals surface area (Å²) in [6, 6.07) is 14.2. The average Bonchev–Trinajstić information content (AvgIpc) is 3.29. The van der Waals surface area contributed by atoms with Gasteiger partial charge in [0.2, 0.25) is 5.91 Å². The van der Waals surface area contributed by atoms with Crippen molar-refractivity contribution in [2.45, 2.75) is 44.4 Å². The highest BCUT2D eigenvalue weighted by Crippen LogP contribution is 2.49. The van der Waals surface area contributed by atoms with Crippen molar-refractivity contribution >= 4 is 11.6 Å². The van der Waals surface area contributed by atoms with Crippen molar-refractivity contribution in [3.05, 3.63) is 65.5 Å². The Morgan fingerprint density at radius 1 is 1.00 bits per heavy atom. The van der Waals surface area contributed by atoms with Crippen molar-refractivity contribution in [3.63, 3.8) is 0 Å². The fraction of sp³-hybridized carbons (Fsp3) is 0.350. The van der Waals surface area contributed by atoms with Gasteiger partial charge in [-0.2, -0.15) is 0 Å². The summed E-state index contributed by atoms with van der Waals surface area (Å²) < 4.78 is 13.1. The fourth-order valence-corrected chi connectivity index (χ4v) is 2.85. The summed E-state index contributed by atoms with van der Waals surface area (Å²) in [5.74, 6) is -0.282. The minimum absolute atomic E-state index is 0.00684. The van der Waals surface area contributed by atoms with E-state index in [0.29, 0.717) is 0 Å². The predicted molar refractivity (Wildman–Crippen MR) is 91.1 cm³/mol. The molecule has 1 fully saturated rings. The van der Waals surface area contributed by atoms with Crippen LogP contribution in [0.15, 0.2) is 48.5 Å². The van der Waals surface area contributed by atoms with E-state index in [4.69, 9.17) is 0 Å². The highest BCUT2D eigenvalue weighted by Gasteiger charge is 2.51. The lowest BCUT2D eigenvalue weighted by Crippen LogP contribution is -2.27. The van der Waals surface area contributed by atoms with Crippen LogP contribution in [0.4, 0.5) is 10.1 Å². The van der Waals surface area contributed by atoms with Gasteiger partial charge in [-0.25, -0.2) is 4.39 Å². The van der Waals surface area contributed by atoms with Crippen LogP contribution in [0.2, 0.25) is 0 Å². The fourth-order valence-electron chi connectivity index (χ4n) is 2.85. The average molecular weight is 311 g/mol. The lowest BCUT2D eigenvalue weighted by atomic mass is 9.87. The Morgan fingerprint density at radius 2 is 1.57 bits per heavy atom. The van der Waals surface area contributed by atoms with E-state index in [1.165, 1.54) is 17.7 Å². The minimum Gasteiger partial charge on any atom is -0.325 e. The van der Waals surface area contributed by atoms with Gasteiger partial charge in [-0.3, -0.25) is 4.79 Å². The van der Waals surface area contributed by atoms with Crippen LogP contribution in [0.3, 0.4) is 0 Å². The standard InChI is InChI=1S/C20H22FNO/c1-19(2,3)14-6-10-17(11-7-14)22-18(23)20(12-13-20)15-4-8-16(21)9-5-15/h4-11H,12-13H2,1-3H3,(H,22,23). The maximum atomic E-state index is 13.1. The molecule has 120 valence electrons. The monoisotopic (exact) mass is 311 g/mol. The molecule has 0 radical (unpaired) electrons. The number of rotatable bonds is 3. The SMILES string of the molecule is CC(C)(C)c1ccc(NC(=O)C2(c3ccc(F)cc3)CC2)cc1. The molecule has 0 aliphatic heterocycles. The van der Waals surface area contributed by atoms with Crippen molar-refractivity contribution < 1.29 is 9.18 Å². The normalized spacial score (nSPS) is 16.0. The van der Waals surface area contributed by atoms with Crippen molar-refractivity contribution in [1.82, 2.24) is 0 Å². The van der Waals surface area contributed by atoms with E-state index in [9.17, 15) is 9.18 Å². The van der Waals surface area contributed by atoms with E-state index in [1.807, 2.05) is 24.3 Å². The van der Waals surface area contributed by atoms with E-state index < -0.39 is 5.41 Å². The Balaban J connectivity index is 1.75. The molecule has 1 amide bonds. The predicted octanol–water partition coefficient (Wildman–Crippen LogP) is 4.79. The Hall–Kier alpha value is -2.16.